The number of likely N-dealkylation sites (N-methyl/N-ethyl adjacent to an activating group) is 1. The molecule has 1 aromatic carbocycles. The maximum absolute atomic E-state index is 4.41. The number of benzene rings is 1. The first kappa shape index (κ1) is 14.9. The Morgan fingerprint density at radius 3 is 2.70 bits per heavy atom. The van der Waals surface area contributed by atoms with Gasteiger partial charge in [0, 0.05) is 36.8 Å². The molecule has 20 heavy (non-hydrogen) atoms. The topological polar surface area (TPSA) is 28.2 Å². The Kier molecular flexibility index (Phi) is 4.73. The van der Waals surface area contributed by atoms with Crippen LogP contribution in [0.3, 0.4) is 0 Å². The van der Waals surface area contributed by atoms with E-state index >= 15 is 0 Å². The van der Waals surface area contributed by atoms with E-state index in [1.54, 1.807) is 0 Å². The Bertz CT molecular complexity index is 552. The van der Waals surface area contributed by atoms with Gasteiger partial charge in [0.1, 0.15) is 0 Å². The van der Waals surface area contributed by atoms with E-state index in [4.69, 9.17) is 0 Å². The molecule has 0 unspecified atom stereocenters. The zero-order valence-corrected chi connectivity index (χ0v) is 13.0. The summed E-state index contributed by atoms with van der Waals surface area (Å²) in [6.07, 6.45) is 1.85. The Hall–Kier alpha value is -1.45. The molecule has 1 aromatic heterocycles. The molecule has 0 bridgehead atoms. The number of nitrogens with one attached hydrogen (secondary N) is 1. The number of hydrogen-bond acceptors (Lipinski definition) is 3. The molecule has 0 radical (unpaired) electrons. The molecule has 0 aliphatic heterocycles. The van der Waals surface area contributed by atoms with Crippen LogP contribution in [0.4, 0.5) is 0 Å². The third kappa shape index (κ3) is 4.29. The molecule has 0 saturated carbocycles. The predicted molar refractivity (Wildman–Crippen MR) is 85.8 cm³/mol. The molecule has 1 heterocycles. The number of pyridine rings is 1. The maximum atomic E-state index is 4.41. The van der Waals surface area contributed by atoms with Crippen LogP contribution in [0, 0.1) is 0 Å². The Morgan fingerprint density at radius 2 is 1.95 bits per heavy atom. The first-order valence-electron chi connectivity index (χ1n) is 7.22. The van der Waals surface area contributed by atoms with Gasteiger partial charge in [-0.2, -0.15) is 0 Å². The Labute approximate surface area is 122 Å². The maximum Gasteiger partial charge on any atom is 0.0705 e. The molecular formula is C17H25N3. The zero-order chi connectivity index (χ0) is 14.6. The molecule has 0 atom stereocenters. The van der Waals surface area contributed by atoms with Gasteiger partial charge in [0.05, 0.1) is 5.52 Å². The highest BCUT2D eigenvalue weighted by Gasteiger charge is 2.09. The summed E-state index contributed by atoms with van der Waals surface area (Å²) in [7, 11) is 2.17. The Morgan fingerprint density at radius 1 is 1.15 bits per heavy atom. The van der Waals surface area contributed by atoms with Crippen LogP contribution in [0.25, 0.3) is 10.9 Å². The summed E-state index contributed by atoms with van der Waals surface area (Å²) in [4.78, 5) is 6.76. The lowest BCUT2D eigenvalue weighted by Crippen LogP contribution is -2.40. The molecule has 0 fully saturated rings. The molecule has 0 saturated heterocycles. The highest BCUT2D eigenvalue weighted by atomic mass is 15.1. The fourth-order valence-corrected chi connectivity index (χ4v) is 2.30. The van der Waals surface area contributed by atoms with E-state index in [0.29, 0.717) is 0 Å². The van der Waals surface area contributed by atoms with E-state index in [1.807, 2.05) is 12.3 Å². The second kappa shape index (κ2) is 6.33. The van der Waals surface area contributed by atoms with Crippen molar-refractivity contribution in [2.24, 2.45) is 0 Å². The van der Waals surface area contributed by atoms with Gasteiger partial charge < -0.3 is 10.2 Å². The van der Waals surface area contributed by atoms with Gasteiger partial charge in [-0.25, -0.2) is 0 Å². The molecule has 0 aliphatic rings. The number of fused-ring (bicyclic) bond motifs is 1. The van der Waals surface area contributed by atoms with E-state index in [0.717, 1.165) is 25.2 Å². The Balaban J connectivity index is 1.98. The number of aromatic nitrogens is 1. The molecule has 0 aliphatic carbocycles. The minimum absolute atomic E-state index is 0.185. The molecule has 2 aromatic rings. The summed E-state index contributed by atoms with van der Waals surface area (Å²) in [6, 6.07) is 10.5. The molecular weight excluding hydrogens is 246 g/mol. The van der Waals surface area contributed by atoms with Crippen LogP contribution >= 0.6 is 0 Å². The molecule has 0 amide bonds. The van der Waals surface area contributed by atoms with Gasteiger partial charge in [0.2, 0.25) is 0 Å². The lowest BCUT2D eigenvalue weighted by molar-refractivity contribution is 0.304. The minimum Gasteiger partial charge on any atom is -0.311 e. The van der Waals surface area contributed by atoms with Crippen LogP contribution in [0.1, 0.15) is 26.3 Å². The average Bonchev–Trinajstić information content (AvgIpc) is 2.37. The van der Waals surface area contributed by atoms with Crippen molar-refractivity contribution in [1.82, 2.24) is 15.2 Å². The van der Waals surface area contributed by atoms with Gasteiger partial charge in [-0.05, 0) is 45.5 Å². The smallest absolute Gasteiger partial charge is 0.0705 e. The lowest BCUT2D eigenvalue weighted by Gasteiger charge is -2.23. The van der Waals surface area contributed by atoms with Gasteiger partial charge >= 0.3 is 0 Å². The SMILES string of the molecule is CN(CCNC(C)(C)C)Cc1cccc2ncccc12. The van der Waals surface area contributed by atoms with Crippen LogP contribution < -0.4 is 5.32 Å². The number of nitrogens with zero attached hydrogens (tertiary/aromatic N) is 2. The van der Waals surface area contributed by atoms with Crippen molar-refractivity contribution in [3.63, 3.8) is 0 Å². The van der Waals surface area contributed by atoms with E-state index in [-0.39, 0.29) is 5.54 Å². The predicted octanol–water partition coefficient (Wildman–Crippen LogP) is 3.05. The molecule has 108 valence electrons. The molecule has 3 heteroatoms. The second-order valence-electron chi connectivity index (χ2n) is 6.40. The van der Waals surface area contributed by atoms with E-state index in [2.05, 4.69) is 67.3 Å². The molecule has 0 spiro atoms. The van der Waals surface area contributed by atoms with E-state index < -0.39 is 0 Å². The fraction of sp³-hybridized carbons (Fsp3) is 0.471. The van der Waals surface area contributed by atoms with Gasteiger partial charge in [-0.1, -0.05) is 18.2 Å². The van der Waals surface area contributed by atoms with Crippen molar-refractivity contribution < 1.29 is 0 Å². The van der Waals surface area contributed by atoms with E-state index in [9.17, 15) is 0 Å². The summed E-state index contributed by atoms with van der Waals surface area (Å²) in [5.74, 6) is 0. The van der Waals surface area contributed by atoms with Crippen molar-refractivity contribution in [3.8, 4) is 0 Å². The first-order chi connectivity index (χ1) is 9.46. The van der Waals surface area contributed by atoms with Crippen molar-refractivity contribution >= 4 is 10.9 Å². The zero-order valence-electron chi connectivity index (χ0n) is 13.0. The van der Waals surface area contributed by atoms with Crippen molar-refractivity contribution in [2.75, 3.05) is 20.1 Å². The first-order valence-corrected chi connectivity index (χ1v) is 7.22. The van der Waals surface area contributed by atoms with Gasteiger partial charge in [0.15, 0.2) is 0 Å². The summed E-state index contributed by atoms with van der Waals surface area (Å²) in [5, 5.41) is 4.78. The highest BCUT2D eigenvalue weighted by molar-refractivity contribution is 5.81. The average molecular weight is 271 g/mol. The van der Waals surface area contributed by atoms with Crippen molar-refractivity contribution in [1.29, 1.82) is 0 Å². The van der Waals surface area contributed by atoms with Crippen LogP contribution in [0.5, 0.6) is 0 Å². The summed E-state index contributed by atoms with van der Waals surface area (Å²) < 4.78 is 0. The number of hydrogen-bond donors (Lipinski definition) is 1. The third-order valence-corrected chi connectivity index (χ3v) is 3.33. The number of rotatable bonds is 5. The summed E-state index contributed by atoms with van der Waals surface area (Å²) in [6.45, 7) is 9.59. The van der Waals surface area contributed by atoms with Crippen LogP contribution in [0.15, 0.2) is 36.5 Å². The van der Waals surface area contributed by atoms with Crippen LogP contribution in [0.2, 0.25) is 0 Å². The van der Waals surface area contributed by atoms with Crippen LogP contribution in [-0.2, 0) is 6.54 Å². The monoisotopic (exact) mass is 271 g/mol. The highest BCUT2D eigenvalue weighted by Crippen LogP contribution is 2.17. The summed E-state index contributed by atoms with van der Waals surface area (Å²) in [5.41, 5.74) is 2.60. The molecule has 2 rings (SSSR count). The summed E-state index contributed by atoms with van der Waals surface area (Å²) >= 11 is 0. The minimum atomic E-state index is 0.185. The standard InChI is InChI=1S/C17H25N3/c1-17(2,3)19-11-12-20(4)13-14-7-5-9-16-15(14)8-6-10-18-16/h5-10,19H,11-13H2,1-4H3. The fourth-order valence-electron chi connectivity index (χ4n) is 2.30. The van der Waals surface area contributed by atoms with Crippen LogP contribution in [-0.4, -0.2) is 35.6 Å². The normalized spacial score (nSPS) is 12.2. The molecule has 3 nitrogen and oxygen atoms in total. The van der Waals surface area contributed by atoms with Crippen molar-refractivity contribution in [2.45, 2.75) is 32.9 Å². The third-order valence-electron chi connectivity index (χ3n) is 3.33. The lowest BCUT2D eigenvalue weighted by atomic mass is 10.1. The van der Waals surface area contributed by atoms with Gasteiger partial charge in [0.25, 0.3) is 0 Å². The largest absolute Gasteiger partial charge is 0.311 e. The van der Waals surface area contributed by atoms with Gasteiger partial charge in [-0.3, -0.25) is 4.98 Å². The quantitative estimate of drug-likeness (QED) is 0.906. The van der Waals surface area contributed by atoms with E-state index in [1.165, 1.54) is 10.9 Å². The van der Waals surface area contributed by atoms with Crippen molar-refractivity contribution in [3.05, 3.63) is 42.1 Å². The second-order valence-corrected chi connectivity index (χ2v) is 6.40. The molecule has 1 N–H and O–H groups in total. The van der Waals surface area contributed by atoms with Gasteiger partial charge in [-0.15, -0.1) is 0 Å².